The van der Waals surface area contributed by atoms with Gasteiger partial charge in [-0.15, -0.1) is 0 Å². The molecule has 0 aliphatic rings. The first-order chi connectivity index (χ1) is 7.70. The predicted octanol–water partition coefficient (Wildman–Crippen LogP) is 3.62. The predicted molar refractivity (Wildman–Crippen MR) is 61.8 cm³/mol. The molecule has 1 aromatic rings. The van der Waals surface area contributed by atoms with Gasteiger partial charge < -0.3 is 0 Å². The van der Waals surface area contributed by atoms with Crippen LogP contribution in [0.2, 0.25) is 0 Å². The first-order valence-corrected chi connectivity index (χ1v) is 5.84. The van der Waals surface area contributed by atoms with E-state index in [-0.39, 0.29) is 17.3 Å². The average molecular weight is 223 g/mol. The lowest BCUT2D eigenvalue weighted by atomic mass is 9.90. The monoisotopic (exact) mass is 223 g/mol. The first kappa shape index (κ1) is 12.8. The number of hydrogen-bond acceptors (Lipinski definition) is 2. The van der Waals surface area contributed by atoms with Crippen molar-refractivity contribution in [3.8, 4) is 0 Å². The van der Waals surface area contributed by atoms with Crippen molar-refractivity contribution < 1.29 is 9.18 Å². The molecule has 0 saturated carbocycles. The zero-order chi connectivity index (χ0) is 12.0. The van der Waals surface area contributed by atoms with Crippen LogP contribution in [0.3, 0.4) is 0 Å². The quantitative estimate of drug-likeness (QED) is 0.689. The van der Waals surface area contributed by atoms with E-state index in [9.17, 15) is 9.18 Å². The highest BCUT2D eigenvalue weighted by Gasteiger charge is 2.20. The number of pyridine rings is 1. The molecule has 0 aromatic carbocycles. The van der Waals surface area contributed by atoms with Crippen LogP contribution >= 0.6 is 0 Å². The molecule has 16 heavy (non-hydrogen) atoms. The molecule has 88 valence electrons. The van der Waals surface area contributed by atoms with Crippen molar-refractivity contribution in [1.82, 2.24) is 4.98 Å². The highest BCUT2D eigenvalue weighted by Crippen LogP contribution is 2.20. The van der Waals surface area contributed by atoms with E-state index in [1.54, 1.807) is 0 Å². The van der Waals surface area contributed by atoms with Gasteiger partial charge in [-0.2, -0.15) is 0 Å². The Balaban J connectivity index is 2.85. The number of carbonyl (C=O) groups is 1. The fourth-order valence-electron chi connectivity index (χ4n) is 1.90. The standard InChI is InChI=1S/C13H18FNO/c1-3-5-10(6-4-2)13(16)11-7-8-15-9-12(11)14/h7-10H,3-6H2,1-2H3. The van der Waals surface area contributed by atoms with Crippen LogP contribution in [0, 0.1) is 11.7 Å². The van der Waals surface area contributed by atoms with Crippen LogP contribution in [-0.2, 0) is 0 Å². The zero-order valence-corrected chi connectivity index (χ0v) is 9.87. The summed E-state index contributed by atoms with van der Waals surface area (Å²) in [6.45, 7) is 4.08. The van der Waals surface area contributed by atoms with Gasteiger partial charge in [-0.1, -0.05) is 26.7 Å². The highest BCUT2D eigenvalue weighted by molar-refractivity contribution is 5.97. The fourth-order valence-corrected chi connectivity index (χ4v) is 1.90. The fraction of sp³-hybridized carbons (Fsp3) is 0.538. The summed E-state index contributed by atoms with van der Waals surface area (Å²) in [6.07, 6.45) is 6.11. The summed E-state index contributed by atoms with van der Waals surface area (Å²) in [6, 6.07) is 1.47. The summed E-state index contributed by atoms with van der Waals surface area (Å²) in [7, 11) is 0. The minimum Gasteiger partial charge on any atom is -0.294 e. The average Bonchev–Trinajstić information content (AvgIpc) is 2.28. The highest BCUT2D eigenvalue weighted by atomic mass is 19.1. The van der Waals surface area contributed by atoms with Crippen LogP contribution in [0.15, 0.2) is 18.5 Å². The first-order valence-electron chi connectivity index (χ1n) is 5.84. The van der Waals surface area contributed by atoms with Gasteiger partial charge in [0.2, 0.25) is 0 Å². The zero-order valence-electron chi connectivity index (χ0n) is 9.87. The largest absolute Gasteiger partial charge is 0.294 e. The smallest absolute Gasteiger partial charge is 0.168 e. The third-order valence-corrected chi connectivity index (χ3v) is 2.68. The molecule has 1 aromatic heterocycles. The molecule has 0 unspecified atom stereocenters. The van der Waals surface area contributed by atoms with Crippen LogP contribution in [0.5, 0.6) is 0 Å². The molecule has 2 nitrogen and oxygen atoms in total. The van der Waals surface area contributed by atoms with E-state index >= 15 is 0 Å². The van der Waals surface area contributed by atoms with Gasteiger partial charge in [0.25, 0.3) is 0 Å². The number of hydrogen-bond donors (Lipinski definition) is 0. The number of aromatic nitrogens is 1. The summed E-state index contributed by atoms with van der Waals surface area (Å²) in [4.78, 5) is 15.7. The number of carbonyl (C=O) groups excluding carboxylic acids is 1. The van der Waals surface area contributed by atoms with Crippen molar-refractivity contribution in [2.45, 2.75) is 39.5 Å². The van der Waals surface area contributed by atoms with Gasteiger partial charge in [0, 0.05) is 12.1 Å². The Labute approximate surface area is 95.9 Å². The molecule has 0 atom stereocenters. The van der Waals surface area contributed by atoms with E-state index in [0.717, 1.165) is 31.9 Å². The van der Waals surface area contributed by atoms with Crippen molar-refractivity contribution in [1.29, 1.82) is 0 Å². The second-order valence-electron chi connectivity index (χ2n) is 3.99. The minimum atomic E-state index is -0.510. The van der Waals surface area contributed by atoms with E-state index in [4.69, 9.17) is 0 Å². The summed E-state index contributed by atoms with van der Waals surface area (Å²) in [5.41, 5.74) is 0.182. The maximum atomic E-state index is 13.4. The van der Waals surface area contributed by atoms with E-state index in [1.807, 2.05) is 13.8 Å². The van der Waals surface area contributed by atoms with Gasteiger partial charge >= 0.3 is 0 Å². The molecular formula is C13H18FNO. The van der Waals surface area contributed by atoms with Crippen molar-refractivity contribution in [2.75, 3.05) is 0 Å². The second kappa shape index (κ2) is 6.36. The summed E-state index contributed by atoms with van der Waals surface area (Å²) >= 11 is 0. The van der Waals surface area contributed by atoms with Gasteiger partial charge in [0.15, 0.2) is 11.6 Å². The van der Waals surface area contributed by atoms with Crippen LogP contribution in [0.1, 0.15) is 49.9 Å². The molecule has 1 heterocycles. The lowest BCUT2D eigenvalue weighted by Crippen LogP contribution is -2.16. The lowest BCUT2D eigenvalue weighted by Gasteiger charge is -2.14. The molecule has 0 N–H and O–H groups in total. The van der Waals surface area contributed by atoms with E-state index in [0.29, 0.717) is 0 Å². The van der Waals surface area contributed by atoms with Crippen molar-refractivity contribution >= 4 is 5.78 Å². The van der Waals surface area contributed by atoms with Crippen molar-refractivity contribution in [3.63, 3.8) is 0 Å². The van der Waals surface area contributed by atoms with E-state index in [2.05, 4.69) is 4.98 Å². The molecule has 0 radical (unpaired) electrons. The van der Waals surface area contributed by atoms with Crippen LogP contribution in [-0.4, -0.2) is 10.8 Å². The Morgan fingerprint density at radius 3 is 2.50 bits per heavy atom. The van der Waals surface area contributed by atoms with E-state index in [1.165, 1.54) is 12.3 Å². The number of rotatable bonds is 6. The second-order valence-corrected chi connectivity index (χ2v) is 3.99. The molecule has 0 amide bonds. The number of Topliss-reactive ketones (excluding diaryl/α,β-unsaturated/α-hetero) is 1. The number of ketones is 1. The van der Waals surface area contributed by atoms with Crippen molar-refractivity contribution in [3.05, 3.63) is 29.8 Å². The molecule has 0 bridgehead atoms. The van der Waals surface area contributed by atoms with Gasteiger partial charge in [0.1, 0.15) is 0 Å². The summed E-state index contributed by atoms with van der Waals surface area (Å²) in [5, 5.41) is 0. The van der Waals surface area contributed by atoms with Crippen molar-refractivity contribution in [2.24, 2.45) is 5.92 Å². The maximum Gasteiger partial charge on any atom is 0.168 e. The molecule has 3 heteroatoms. The summed E-state index contributed by atoms with van der Waals surface area (Å²) < 4.78 is 13.4. The van der Waals surface area contributed by atoms with Crippen LogP contribution in [0.4, 0.5) is 4.39 Å². The Bertz CT molecular complexity index is 346. The third-order valence-electron chi connectivity index (χ3n) is 2.68. The Hall–Kier alpha value is -1.25. The number of nitrogens with zero attached hydrogens (tertiary/aromatic N) is 1. The lowest BCUT2D eigenvalue weighted by molar-refractivity contribution is 0.0900. The molecular weight excluding hydrogens is 205 g/mol. The Morgan fingerprint density at radius 1 is 1.38 bits per heavy atom. The molecule has 0 aliphatic carbocycles. The third kappa shape index (κ3) is 3.12. The maximum absolute atomic E-state index is 13.4. The summed E-state index contributed by atoms with van der Waals surface area (Å²) in [5.74, 6) is -0.639. The molecule has 0 saturated heterocycles. The van der Waals surface area contributed by atoms with E-state index < -0.39 is 5.82 Å². The molecule has 0 aliphatic heterocycles. The molecule has 0 fully saturated rings. The Morgan fingerprint density at radius 2 is 2.00 bits per heavy atom. The molecule has 1 rings (SSSR count). The van der Waals surface area contributed by atoms with Gasteiger partial charge in [0.05, 0.1) is 11.8 Å². The minimum absolute atomic E-state index is 0.0492. The Kier molecular flexibility index (Phi) is 5.09. The number of halogens is 1. The van der Waals surface area contributed by atoms with Gasteiger partial charge in [-0.3, -0.25) is 9.78 Å². The topological polar surface area (TPSA) is 30.0 Å². The normalized spacial score (nSPS) is 10.8. The van der Waals surface area contributed by atoms with Gasteiger partial charge in [-0.05, 0) is 18.9 Å². The SMILES string of the molecule is CCCC(CCC)C(=O)c1ccncc1F. The van der Waals surface area contributed by atoms with Gasteiger partial charge in [-0.25, -0.2) is 4.39 Å². The molecule has 0 spiro atoms. The van der Waals surface area contributed by atoms with Crippen LogP contribution < -0.4 is 0 Å². The van der Waals surface area contributed by atoms with Crippen LogP contribution in [0.25, 0.3) is 0 Å².